The molecular weight excluding hydrogens is 278 g/mol. The quantitative estimate of drug-likeness (QED) is 0.847. The number of hydrogen-bond donors (Lipinski definition) is 2. The molecule has 1 saturated heterocycles. The van der Waals surface area contributed by atoms with E-state index >= 15 is 0 Å². The Hall–Kier alpha value is -1.69. The fourth-order valence-electron chi connectivity index (χ4n) is 2.42. The van der Waals surface area contributed by atoms with Gasteiger partial charge in [0.2, 0.25) is 5.91 Å². The van der Waals surface area contributed by atoms with E-state index in [2.05, 4.69) is 15.4 Å². The highest BCUT2D eigenvalue weighted by molar-refractivity contribution is 5.76. The highest BCUT2D eigenvalue weighted by Crippen LogP contribution is 2.16. The predicted molar refractivity (Wildman–Crippen MR) is 75.1 cm³/mol. The average Bonchev–Trinajstić information content (AvgIpc) is 2.47. The molecule has 0 radical (unpaired) electrons. The van der Waals surface area contributed by atoms with Gasteiger partial charge in [-0.1, -0.05) is 12.1 Å². The van der Waals surface area contributed by atoms with Crippen LogP contribution in [0.4, 0.5) is 8.78 Å². The van der Waals surface area contributed by atoms with Crippen LogP contribution in [0.2, 0.25) is 0 Å². The molecule has 1 atom stereocenters. The van der Waals surface area contributed by atoms with Crippen LogP contribution in [0.15, 0.2) is 24.3 Å². The third-order valence-electron chi connectivity index (χ3n) is 3.51. The normalized spacial score (nSPS) is 18.5. The molecule has 21 heavy (non-hydrogen) atoms. The Bertz CT molecular complexity index is 445. The smallest absolute Gasteiger partial charge is 0.387 e. The van der Waals surface area contributed by atoms with Crippen LogP contribution in [-0.4, -0.2) is 25.6 Å². The number of amides is 1. The first-order chi connectivity index (χ1) is 10.1. The number of carbonyl (C=O) groups is 1. The van der Waals surface area contributed by atoms with Crippen LogP contribution < -0.4 is 15.4 Å². The Balaban J connectivity index is 1.73. The largest absolute Gasteiger partial charge is 0.435 e. The molecule has 1 unspecified atom stereocenters. The minimum atomic E-state index is -2.82. The first-order valence-electron chi connectivity index (χ1n) is 7.14. The lowest BCUT2D eigenvalue weighted by atomic mass is 9.96. The number of alkyl halides is 2. The first-order valence-corrected chi connectivity index (χ1v) is 7.14. The molecule has 1 aliphatic heterocycles. The number of piperidine rings is 1. The van der Waals surface area contributed by atoms with Gasteiger partial charge in [-0.3, -0.25) is 4.79 Å². The second-order valence-electron chi connectivity index (χ2n) is 5.22. The summed E-state index contributed by atoms with van der Waals surface area (Å²) in [6.45, 7) is -0.494. The molecule has 2 rings (SSSR count). The van der Waals surface area contributed by atoms with Gasteiger partial charge >= 0.3 is 6.61 Å². The van der Waals surface area contributed by atoms with Gasteiger partial charge in [-0.05, 0) is 49.5 Å². The standard InChI is InChI=1S/C15H20F2N2O2/c16-15(17)21-13-5-3-11(4-6-13)10-19-14(20)8-12-2-1-7-18-9-12/h3-6,12,15,18H,1-2,7-10H2,(H,19,20). The highest BCUT2D eigenvalue weighted by atomic mass is 19.3. The third kappa shape index (κ3) is 5.67. The van der Waals surface area contributed by atoms with E-state index in [1.807, 2.05) is 0 Å². The lowest BCUT2D eigenvalue weighted by Gasteiger charge is -2.22. The number of benzene rings is 1. The van der Waals surface area contributed by atoms with Gasteiger partial charge in [0.25, 0.3) is 0 Å². The number of hydrogen-bond acceptors (Lipinski definition) is 3. The van der Waals surface area contributed by atoms with E-state index in [4.69, 9.17) is 0 Å². The van der Waals surface area contributed by atoms with Crippen molar-refractivity contribution in [1.82, 2.24) is 10.6 Å². The van der Waals surface area contributed by atoms with E-state index in [9.17, 15) is 13.6 Å². The van der Waals surface area contributed by atoms with Gasteiger partial charge in [-0.25, -0.2) is 0 Å². The van der Waals surface area contributed by atoms with Crippen molar-refractivity contribution in [2.24, 2.45) is 5.92 Å². The third-order valence-corrected chi connectivity index (χ3v) is 3.51. The minimum absolute atomic E-state index is 0.0246. The van der Waals surface area contributed by atoms with Gasteiger partial charge in [0.15, 0.2) is 0 Å². The first kappa shape index (κ1) is 15.7. The Kier molecular flexibility index (Phi) is 5.92. The maximum absolute atomic E-state index is 12.0. The SMILES string of the molecule is O=C(CC1CCCNC1)NCc1ccc(OC(F)F)cc1. The Labute approximate surface area is 122 Å². The molecule has 1 aromatic carbocycles. The number of ether oxygens (including phenoxy) is 1. The summed E-state index contributed by atoms with van der Waals surface area (Å²) in [7, 11) is 0. The minimum Gasteiger partial charge on any atom is -0.435 e. The van der Waals surface area contributed by atoms with E-state index in [1.54, 1.807) is 12.1 Å². The number of carbonyl (C=O) groups excluding carboxylic acids is 1. The number of halogens is 2. The molecule has 1 amide bonds. The summed E-state index contributed by atoms with van der Waals surface area (Å²) >= 11 is 0. The predicted octanol–water partition coefficient (Wildman–Crippen LogP) is 2.29. The van der Waals surface area contributed by atoms with Gasteiger partial charge in [0.05, 0.1) is 0 Å². The van der Waals surface area contributed by atoms with Crippen LogP contribution in [0, 0.1) is 5.92 Å². The molecule has 0 aliphatic carbocycles. The zero-order valence-corrected chi connectivity index (χ0v) is 11.8. The van der Waals surface area contributed by atoms with Crippen molar-refractivity contribution in [2.45, 2.75) is 32.4 Å². The Morgan fingerprint density at radius 3 is 2.76 bits per heavy atom. The average molecular weight is 298 g/mol. The maximum Gasteiger partial charge on any atom is 0.387 e. The molecule has 0 bridgehead atoms. The molecule has 2 N–H and O–H groups in total. The maximum atomic E-state index is 12.0. The zero-order valence-electron chi connectivity index (χ0n) is 11.8. The monoisotopic (exact) mass is 298 g/mol. The summed E-state index contributed by atoms with van der Waals surface area (Å²) in [6.07, 6.45) is 2.73. The van der Waals surface area contributed by atoms with Crippen molar-refractivity contribution in [1.29, 1.82) is 0 Å². The summed E-state index contributed by atoms with van der Waals surface area (Å²) in [6, 6.07) is 6.28. The van der Waals surface area contributed by atoms with Gasteiger partial charge in [-0.15, -0.1) is 0 Å². The zero-order chi connectivity index (χ0) is 15.1. The lowest BCUT2D eigenvalue weighted by molar-refractivity contribution is -0.122. The second-order valence-corrected chi connectivity index (χ2v) is 5.22. The highest BCUT2D eigenvalue weighted by Gasteiger charge is 2.16. The van der Waals surface area contributed by atoms with E-state index in [1.165, 1.54) is 12.1 Å². The molecule has 4 nitrogen and oxygen atoms in total. The molecule has 1 aliphatic rings. The van der Waals surface area contributed by atoms with E-state index in [0.29, 0.717) is 18.9 Å². The summed E-state index contributed by atoms with van der Waals surface area (Å²) < 4.78 is 28.3. The van der Waals surface area contributed by atoms with Crippen molar-refractivity contribution in [3.05, 3.63) is 29.8 Å². The topological polar surface area (TPSA) is 50.4 Å². The molecular formula is C15H20F2N2O2. The Morgan fingerprint density at radius 1 is 1.38 bits per heavy atom. The van der Waals surface area contributed by atoms with Crippen molar-refractivity contribution in [3.63, 3.8) is 0 Å². The molecule has 0 aromatic heterocycles. The van der Waals surface area contributed by atoms with Crippen LogP contribution in [0.25, 0.3) is 0 Å². The lowest BCUT2D eigenvalue weighted by Crippen LogP contribution is -2.34. The van der Waals surface area contributed by atoms with Gasteiger partial charge in [-0.2, -0.15) is 8.78 Å². The van der Waals surface area contributed by atoms with Crippen molar-refractivity contribution in [2.75, 3.05) is 13.1 Å². The van der Waals surface area contributed by atoms with Crippen LogP contribution >= 0.6 is 0 Å². The summed E-state index contributed by atoms with van der Waals surface area (Å²) in [5, 5.41) is 6.13. The number of nitrogens with one attached hydrogen (secondary N) is 2. The summed E-state index contributed by atoms with van der Waals surface area (Å²) in [4.78, 5) is 11.8. The fourth-order valence-corrected chi connectivity index (χ4v) is 2.42. The van der Waals surface area contributed by atoms with Crippen LogP contribution in [0.3, 0.4) is 0 Å². The van der Waals surface area contributed by atoms with E-state index < -0.39 is 6.61 Å². The van der Waals surface area contributed by atoms with Crippen LogP contribution in [0.1, 0.15) is 24.8 Å². The molecule has 0 saturated carbocycles. The van der Waals surface area contributed by atoms with Crippen molar-refractivity contribution in [3.8, 4) is 5.75 Å². The number of rotatable bonds is 6. The van der Waals surface area contributed by atoms with Crippen LogP contribution in [0.5, 0.6) is 5.75 Å². The van der Waals surface area contributed by atoms with Gasteiger partial charge in [0, 0.05) is 13.0 Å². The fraction of sp³-hybridized carbons (Fsp3) is 0.533. The molecule has 1 heterocycles. The van der Waals surface area contributed by atoms with E-state index in [-0.39, 0.29) is 11.7 Å². The summed E-state index contributed by atoms with van der Waals surface area (Å²) in [5.41, 5.74) is 0.853. The molecule has 116 valence electrons. The molecule has 1 fully saturated rings. The summed E-state index contributed by atoms with van der Waals surface area (Å²) in [5.74, 6) is 0.547. The molecule has 1 aromatic rings. The van der Waals surface area contributed by atoms with Crippen LogP contribution in [-0.2, 0) is 11.3 Å². The van der Waals surface area contributed by atoms with Crippen molar-refractivity contribution < 1.29 is 18.3 Å². The van der Waals surface area contributed by atoms with Gasteiger partial charge < -0.3 is 15.4 Å². The molecule has 6 heteroatoms. The van der Waals surface area contributed by atoms with E-state index in [0.717, 1.165) is 31.5 Å². The van der Waals surface area contributed by atoms with Gasteiger partial charge in [0.1, 0.15) is 5.75 Å². The molecule has 0 spiro atoms. The van der Waals surface area contributed by atoms with Crippen molar-refractivity contribution >= 4 is 5.91 Å². The second kappa shape index (κ2) is 7.93. The Morgan fingerprint density at radius 2 is 2.14 bits per heavy atom.